The molecule has 1 aromatic heterocycles. The van der Waals surface area contributed by atoms with Crippen LogP contribution < -0.4 is 11.1 Å². The maximum atomic E-state index is 12.6. The Morgan fingerprint density at radius 3 is 2.75 bits per heavy atom. The number of halogens is 3. The van der Waals surface area contributed by atoms with Crippen LogP contribution in [0.1, 0.15) is 37.7 Å². The van der Waals surface area contributed by atoms with Crippen molar-refractivity contribution in [3.05, 3.63) is 29.5 Å². The lowest BCUT2D eigenvalue weighted by Crippen LogP contribution is -2.11. The van der Waals surface area contributed by atoms with Gasteiger partial charge in [0, 0.05) is 12.7 Å². The molecule has 110 valence electrons. The summed E-state index contributed by atoms with van der Waals surface area (Å²) in [5.74, 6) is 0.0932. The SMILES string of the molecule is Nc1ncc(C(F)(F)F)cc1NCCC1=CCCCC1. The van der Waals surface area contributed by atoms with Crippen LogP contribution in [0.4, 0.5) is 24.7 Å². The van der Waals surface area contributed by atoms with E-state index in [1.54, 1.807) is 0 Å². The number of aromatic nitrogens is 1. The van der Waals surface area contributed by atoms with Gasteiger partial charge in [-0.2, -0.15) is 13.2 Å². The zero-order valence-electron chi connectivity index (χ0n) is 11.1. The number of allylic oxidation sites excluding steroid dienone is 1. The molecule has 6 heteroatoms. The fourth-order valence-corrected chi connectivity index (χ4v) is 2.26. The van der Waals surface area contributed by atoms with Crippen LogP contribution in [0, 0.1) is 0 Å². The van der Waals surface area contributed by atoms with Crippen molar-refractivity contribution in [1.29, 1.82) is 0 Å². The molecule has 0 radical (unpaired) electrons. The Balaban J connectivity index is 1.96. The van der Waals surface area contributed by atoms with Crippen LogP contribution in [-0.2, 0) is 6.18 Å². The normalized spacial score (nSPS) is 15.8. The van der Waals surface area contributed by atoms with E-state index in [4.69, 9.17) is 5.73 Å². The highest BCUT2D eigenvalue weighted by Gasteiger charge is 2.31. The third-order valence-electron chi connectivity index (χ3n) is 3.39. The largest absolute Gasteiger partial charge is 0.417 e. The maximum absolute atomic E-state index is 12.6. The molecule has 1 aliphatic carbocycles. The number of pyridine rings is 1. The van der Waals surface area contributed by atoms with E-state index in [-0.39, 0.29) is 11.5 Å². The van der Waals surface area contributed by atoms with Crippen molar-refractivity contribution in [3.63, 3.8) is 0 Å². The zero-order valence-corrected chi connectivity index (χ0v) is 11.1. The van der Waals surface area contributed by atoms with E-state index >= 15 is 0 Å². The summed E-state index contributed by atoms with van der Waals surface area (Å²) in [5.41, 5.74) is 6.42. The number of nitrogens with one attached hydrogen (secondary N) is 1. The van der Waals surface area contributed by atoms with Crippen molar-refractivity contribution in [3.8, 4) is 0 Å². The lowest BCUT2D eigenvalue weighted by atomic mass is 9.97. The van der Waals surface area contributed by atoms with Gasteiger partial charge < -0.3 is 11.1 Å². The molecule has 1 aromatic rings. The zero-order chi connectivity index (χ0) is 14.6. The van der Waals surface area contributed by atoms with Crippen molar-refractivity contribution >= 4 is 11.5 Å². The number of rotatable bonds is 4. The molecule has 0 aromatic carbocycles. The van der Waals surface area contributed by atoms with Crippen molar-refractivity contribution in [2.75, 3.05) is 17.6 Å². The fraction of sp³-hybridized carbons (Fsp3) is 0.500. The molecule has 1 aliphatic rings. The molecule has 1 heterocycles. The number of hydrogen-bond donors (Lipinski definition) is 2. The predicted molar refractivity (Wildman–Crippen MR) is 73.3 cm³/mol. The molecule has 3 nitrogen and oxygen atoms in total. The lowest BCUT2D eigenvalue weighted by Gasteiger charge is -2.15. The molecule has 0 bridgehead atoms. The highest BCUT2D eigenvalue weighted by molar-refractivity contribution is 5.62. The molecule has 2 rings (SSSR count). The Kier molecular flexibility index (Phi) is 4.52. The summed E-state index contributed by atoms with van der Waals surface area (Å²) in [4.78, 5) is 3.59. The molecule has 0 saturated carbocycles. The average molecular weight is 285 g/mol. The first-order valence-corrected chi connectivity index (χ1v) is 6.71. The number of nitrogens with two attached hydrogens (primary N) is 1. The lowest BCUT2D eigenvalue weighted by molar-refractivity contribution is -0.137. The molecule has 0 spiro atoms. The Hall–Kier alpha value is -1.72. The molecule has 0 amide bonds. The summed E-state index contributed by atoms with van der Waals surface area (Å²) < 4.78 is 37.8. The van der Waals surface area contributed by atoms with Gasteiger partial charge in [0.2, 0.25) is 0 Å². The predicted octanol–water partition coefficient (Wildman–Crippen LogP) is 3.99. The minimum absolute atomic E-state index is 0.0932. The number of nitrogens with zero attached hydrogens (tertiary/aromatic N) is 1. The van der Waals surface area contributed by atoms with Crippen molar-refractivity contribution < 1.29 is 13.2 Å². The van der Waals surface area contributed by atoms with Gasteiger partial charge in [-0.15, -0.1) is 0 Å². The highest BCUT2D eigenvalue weighted by Crippen LogP contribution is 2.31. The van der Waals surface area contributed by atoms with Gasteiger partial charge >= 0.3 is 6.18 Å². The number of nitrogen functional groups attached to an aromatic ring is 1. The van der Waals surface area contributed by atoms with Gasteiger partial charge in [-0.25, -0.2) is 4.98 Å². The Bertz CT molecular complexity index is 495. The topological polar surface area (TPSA) is 50.9 Å². The van der Waals surface area contributed by atoms with E-state index in [0.717, 1.165) is 31.5 Å². The van der Waals surface area contributed by atoms with Gasteiger partial charge in [-0.05, 0) is 38.2 Å². The minimum Gasteiger partial charge on any atom is -0.382 e. The smallest absolute Gasteiger partial charge is 0.382 e. The van der Waals surface area contributed by atoms with Crippen LogP contribution in [0.25, 0.3) is 0 Å². The summed E-state index contributed by atoms with van der Waals surface area (Å²) >= 11 is 0. The molecule has 0 atom stereocenters. The summed E-state index contributed by atoms with van der Waals surface area (Å²) in [5, 5.41) is 2.94. The second kappa shape index (κ2) is 6.15. The van der Waals surface area contributed by atoms with Crippen LogP contribution in [0.2, 0.25) is 0 Å². The first-order chi connectivity index (χ1) is 9.47. The van der Waals surface area contributed by atoms with Gasteiger partial charge in [-0.3, -0.25) is 0 Å². The number of alkyl halides is 3. The molecule has 3 N–H and O–H groups in total. The summed E-state index contributed by atoms with van der Waals surface area (Å²) in [7, 11) is 0. The second-order valence-corrected chi connectivity index (χ2v) is 4.94. The second-order valence-electron chi connectivity index (χ2n) is 4.94. The van der Waals surface area contributed by atoms with Gasteiger partial charge in [0.1, 0.15) is 5.82 Å². The third kappa shape index (κ3) is 3.88. The summed E-state index contributed by atoms with van der Waals surface area (Å²) in [6.07, 6.45) is 4.00. The van der Waals surface area contributed by atoms with Crippen LogP contribution >= 0.6 is 0 Å². The third-order valence-corrected chi connectivity index (χ3v) is 3.39. The van der Waals surface area contributed by atoms with E-state index in [2.05, 4.69) is 16.4 Å². The first kappa shape index (κ1) is 14.7. The fourth-order valence-electron chi connectivity index (χ4n) is 2.26. The standard InChI is InChI=1S/C14H18F3N3/c15-14(16,17)11-8-12(13(18)20-9-11)19-7-6-10-4-2-1-3-5-10/h4,8-9,19H,1-3,5-7H2,(H2,18,20). The molecular weight excluding hydrogens is 267 g/mol. The van der Waals surface area contributed by atoms with Crippen LogP contribution in [0.3, 0.4) is 0 Å². The van der Waals surface area contributed by atoms with Crippen molar-refractivity contribution in [2.45, 2.75) is 38.3 Å². The van der Waals surface area contributed by atoms with Crippen LogP contribution in [0.5, 0.6) is 0 Å². The maximum Gasteiger partial charge on any atom is 0.417 e. The molecule has 0 fully saturated rings. The average Bonchev–Trinajstić information content (AvgIpc) is 2.41. The van der Waals surface area contributed by atoms with Crippen molar-refractivity contribution in [2.24, 2.45) is 0 Å². The Morgan fingerprint density at radius 2 is 2.10 bits per heavy atom. The molecular formula is C14H18F3N3. The van der Waals surface area contributed by atoms with Gasteiger partial charge in [-0.1, -0.05) is 11.6 Å². The molecule has 0 unspecified atom stereocenters. The molecule has 0 saturated heterocycles. The number of hydrogen-bond acceptors (Lipinski definition) is 3. The summed E-state index contributed by atoms with van der Waals surface area (Å²) in [6.45, 7) is 0.568. The van der Waals surface area contributed by atoms with Gasteiger partial charge in [0.15, 0.2) is 0 Å². The van der Waals surface area contributed by atoms with E-state index in [9.17, 15) is 13.2 Å². The number of anilines is 2. The van der Waals surface area contributed by atoms with Gasteiger partial charge in [0.05, 0.1) is 11.3 Å². The van der Waals surface area contributed by atoms with Crippen molar-refractivity contribution in [1.82, 2.24) is 4.98 Å². The molecule has 0 aliphatic heterocycles. The highest BCUT2D eigenvalue weighted by atomic mass is 19.4. The summed E-state index contributed by atoms with van der Waals surface area (Å²) in [6, 6.07) is 1.01. The van der Waals surface area contributed by atoms with E-state index in [1.807, 2.05) is 0 Å². The Labute approximate surface area is 116 Å². The van der Waals surface area contributed by atoms with Crippen LogP contribution in [0.15, 0.2) is 23.9 Å². The minimum atomic E-state index is -4.40. The van der Waals surface area contributed by atoms with Crippen LogP contribution in [-0.4, -0.2) is 11.5 Å². The van der Waals surface area contributed by atoms with E-state index in [1.165, 1.54) is 18.4 Å². The molecule has 20 heavy (non-hydrogen) atoms. The first-order valence-electron chi connectivity index (χ1n) is 6.71. The quantitative estimate of drug-likeness (QED) is 0.822. The van der Waals surface area contributed by atoms with Gasteiger partial charge in [0.25, 0.3) is 0 Å². The van der Waals surface area contributed by atoms with E-state index in [0.29, 0.717) is 6.54 Å². The monoisotopic (exact) mass is 285 g/mol. The van der Waals surface area contributed by atoms with E-state index < -0.39 is 11.7 Å². The Morgan fingerprint density at radius 1 is 1.30 bits per heavy atom.